The van der Waals surface area contributed by atoms with Crippen LogP contribution >= 0.6 is 11.6 Å². The summed E-state index contributed by atoms with van der Waals surface area (Å²) >= 11 is 6.52. The summed E-state index contributed by atoms with van der Waals surface area (Å²) < 4.78 is 5.68. The van der Waals surface area contributed by atoms with Crippen LogP contribution in [0.3, 0.4) is 0 Å². The van der Waals surface area contributed by atoms with Crippen LogP contribution < -0.4 is 15.0 Å². The van der Waals surface area contributed by atoms with E-state index in [0.29, 0.717) is 41.9 Å². The van der Waals surface area contributed by atoms with Crippen LogP contribution in [0.4, 0.5) is 11.4 Å². The van der Waals surface area contributed by atoms with E-state index in [0.717, 1.165) is 18.8 Å². The molecule has 1 heterocycles. The molecule has 0 aromatic heterocycles. The predicted octanol–water partition coefficient (Wildman–Crippen LogP) is 5.46. The summed E-state index contributed by atoms with van der Waals surface area (Å²) in [4.78, 5) is 28.3. The predicted molar refractivity (Wildman–Crippen MR) is 137 cm³/mol. The number of anilines is 2. The number of hydrogen-bond acceptors (Lipinski definition) is 4. The van der Waals surface area contributed by atoms with Gasteiger partial charge in [0.2, 0.25) is 5.91 Å². The van der Waals surface area contributed by atoms with Crippen molar-refractivity contribution in [1.82, 2.24) is 4.90 Å². The van der Waals surface area contributed by atoms with E-state index >= 15 is 0 Å². The third kappa shape index (κ3) is 6.23. The van der Waals surface area contributed by atoms with E-state index in [1.165, 1.54) is 37.7 Å². The minimum absolute atomic E-state index is 0.0600. The molecule has 0 spiro atoms. The second-order valence-corrected chi connectivity index (χ2v) is 9.54. The number of hydrogen-bond donors (Lipinski definition) is 1. The van der Waals surface area contributed by atoms with Crippen molar-refractivity contribution in [2.75, 3.05) is 43.0 Å². The first-order valence-electron chi connectivity index (χ1n) is 12.4. The maximum Gasteiger partial charge on any atom is 0.262 e. The van der Waals surface area contributed by atoms with Crippen LogP contribution in [0.5, 0.6) is 5.75 Å². The van der Waals surface area contributed by atoms with Gasteiger partial charge < -0.3 is 19.9 Å². The lowest BCUT2D eigenvalue weighted by Gasteiger charge is -2.36. The Kier molecular flexibility index (Phi) is 8.33. The zero-order chi connectivity index (χ0) is 23.9. The lowest BCUT2D eigenvalue weighted by Crippen LogP contribution is -2.48. The van der Waals surface area contributed by atoms with Crippen molar-refractivity contribution in [2.24, 2.45) is 0 Å². The number of rotatable bonds is 7. The molecule has 1 aliphatic carbocycles. The normalized spacial score (nSPS) is 16.9. The average molecular weight is 484 g/mol. The lowest BCUT2D eigenvalue weighted by atomic mass is 9.84. The molecule has 0 unspecified atom stereocenters. The van der Waals surface area contributed by atoms with Gasteiger partial charge >= 0.3 is 0 Å². The van der Waals surface area contributed by atoms with Crippen molar-refractivity contribution in [3.05, 3.63) is 53.1 Å². The fourth-order valence-electron chi connectivity index (χ4n) is 4.88. The van der Waals surface area contributed by atoms with Crippen molar-refractivity contribution in [1.29, 1.82) is 0 Å². The summed E-state index contributed by atoms with van der Waals surface area (Å²) in [6.07, 6.45) is 7.02. The van der Waals surface area contributed by atoms with Crippen LogP contribution in [0.1, 0.15) is 56.9 Å². The van der Waals surface area contributed by atoms with Gasteiger partial charge in [0.25, 0.3) is 5.91 Å². The van der Waals surface area contributed by atoms with E-state index in [1.807, 2.05) is 36.1 Å². The van der Waals surface area contributed by atoms with E-state index in [9.17, 15) is 9.59 Å². The first-order valence-corrected chi connectivity index (χ1v) is 12.8. The van der Waals surface area contributed by atoms with Crippen molar-refractivity contribution in [3.63, 3.8) is 0 Å². The van der Waals surface area contributed by atoms with Crippen molar-refractivity contribution >= 4 is 34.8 Å². The maximum absolute atomic E-state index is 12.4. The molecule has 34 heavy (non-hydrogen) atoms. The number of amides is 2. The molecular weight excluding hydrogens is 450 g/mol. The molecule has 1 N–H and O–H groups in total. The van der Waals surface area contributed by atoms with Gasteiger partial charge in [-0.3, -0.25) is 9.59 Å². The van der Waals surface area contributed by atoms with Gasteiger partial charge in [0.15, 0.2) is 6.61 Å². The van der Waals surface area contributed by atoms with Gasteiger partial charge in [-0.15, -0.1) is 0 Å². The van der Waals surface area contributed by atoms with Gasteiger partial charge in [-0.1, -0.05) is 49.9 Å². The van der Waals surface area contributed by atoms with Crippen LogP contribution in [0.15, 0.2) is 42.5 Å². The standard InChI is InChI=1S/C27H34ClN3O3/c1-2-27(33)31-16-14-30(15-17-31)25-13-10-22(18-24(25)28)29-26(32)19-34-23-11-8-21(9-12-23)20-6-4-3-5-7-20/h8-13,18,20H,2-7,14-17,19H2,1H3,(H,29,32). The van der Waals surface area contributed by atoms with E-state index in [2.05, 4.69) is 22.3 Å². The topological polar surface area (TPSA) is 61.9 Å². The molecule has 1 saturated carbocycles. The highest BCUT2D eigenvalue weighted by Crippen LogP contribution is 2.33. The third-order valence-electron chi connectivity index (χ3n) is 6.83. The monoisotopic (exact) mass is 483 g/mol. The van der Waals surface area contributed by atoms with Gasteiger partial charge in [-0.2, -0.15) is 0 Å². The third-order valence-corrected chi connectivity index (χ3v) is 7.14. The SMILES string of the molecule is CCC(=O)N1CCN(c2ccc(NC(=O)COc3ccc(C4CCCCC4)cc3)cc2Cl)CC1. The molecule has 2 aromatic carbocycles. The fraction of sp³-hybridized carbons (Fsp3) is 0.481. The Bertz CT molecular complexity index is 981. The smallest absolute Gasteiger partial charge is 0.262 e. The summed E-state index contributed by atoms with van der Waals surface area (Å²) in [5.41, 5.74) is 2.91. The van der Waals surface area contributed by atoms with Crippen LogP contribution in [0.2, 0.25) is 5.02 Å². The van der Waals surface area contributed by atoms with E-state index in [-0.39, 0.29) is 18.4 Å². The summed E-state index contributed by atoms with van der Waals surface area (Å²) in [6, 6.07) is 13.7. The number of nitrogens with one attached hydrogen (secondary N) is 1. The Labute approximate surface area is 207 Å². The number of halogens is 1. The lowest BCUT2D eigenvalue weighted by molar-refractivity contribution is -0.131. The summed E-state index contributed by atoms with van der Waals surface area (Å²) in [6.45, 7) is 4.70. The van der Waals surface area contributed by atoms with Gasteiger partial charge in [0, 0.05) is 38.3 Å². The average Bonchev–Trinajstić information content (AvgIpc) is 2.88. The highest BCUT2D eigenvalue weighted by molar-refractivity contribution is 6.33. The molecule has 0 radical (unpaired) electrons. The number of carbonyl (C=O) groups excluding carboxylic acids is 2. The first kappa shape index (κ1) is 24.4. The van der Waals surface area contributed by atoms with E-state index < -0.39 is 0 Å². The maximum atomic E-state index is 12.4. The Morgan fingerprint density at radius 2 is 1.71 bits per heavy atom. The van der Waals surface area contributed by atoms with Crippen molar-refractivity contribution in [2.45, 2.75) is 51.4 Å². The highest BCUT2D eigenvalue weighted by Gasteiger charge is 2.21. The molecule has 2 fully saturated rings. The molecule has 2 aromatic rings. The van der Waals surface area contributed by atoms with Crippen molar-refractivity contribution < 1.29 is 14.3 Å². The summed E-state index contributed by atoms with van der Waals surface area (Å²) in [5.74, 6) is 1.31. The molecule has 0 atom stereocenters. The first-order chi connectivity index (χ1) is 16.5. The molecule has 4 rings (SSSR count). The number of nitrogens with zero attached hydrogens (tertiary/aromatic N) is 2. The number of carbonyl (C=O) groups is 2. The molecule has 2 amide bonds. The van der Waals surface area contributed by atoms with Gasteiger partial charge in [-0.05, 0) is 54.7 Å². The molecule has 0 bridgehead atoms. The molecule has 7 heteroatoms. The molecule has 6 nitrogen and oxygen atoms in total. The molecule has 2 aliphatic rings. The number of ether oxygens (including phenoxy) is 1. The molecule has 1 aliphatic heterocycles. The quantitative estimate of drug-likeness (QED) is 0.567. The zero-order valence-electron chi connectivity index (χ0n) is 19.9. The molecule has 1 saturated heterocycles. The molecular formula is C27H34ClN3O3. The number of benzene rings is 2. The van der Waals surface area contributed by atoms with Crippen LogP contribution in [-0.4, -0.2) is 49.5 Å². The Morgan fingerprint density at radius 1 is 1.00 bits per heavy atom. The molecule has 182 valence electrons. The number of piperazine rings is 1. The zero-order valence-corrected chi connectivity index (χ0v) is 20.7. The highest BCUT2D eigenvalue weighted by atomic mass is 35.5. The van der Waals surface area contributed by atoms with Crippen molar-refractivity contribution in [3.8, 4) is 5.75 Å². The van der Waals surface area contributed by atoms with E-state index in [4.69, 9.17) is 16.3 Å². The van der Waals surface area contributed by atoms with Crippen LogP contribution in [0, 0.1) is 0 Å². The Morgan fingerprint density at radius 3 is 2.35 bits per heavy atom. The van der Waals surface area contributed by atoms with Gasteiger partial charge in [-0.25, -0.2) is 0 Å². The largest absolute Gasteiger partial charge is 0.484 e. The second-order valence-electron chi connectivity index (χ2n) is 9.13. The Balaban J connectivity index is 1.25. The minimum atomic E-state index is -0.230. The second kappa shape index (κ2) is 11.6. The van der Waals surface area contributed by atoms with Gasteiger partial charge in [0.1, 0.15) is 5.75 Å². The summed E-state index contributed by atoms with van der Waals surface area (Å²) in [5, 5.41) is 3.43. The van der Waals surface area contributed by atoms with Crippen LogP contribution in [-0.2, 0) is 9.59 Å². The van der Waals surface area contributed by atoms with E-state index in [1.54, 1.807) is 6.07 Å². The van der Waals surface area contributed by atoms with Gasteiger partial charge in [0.05, 0.1) is 10.7 Å². The summed E-state index contributed by atoms with van der Waals surface area (Å²) in [7, 11) is 0. The fourth-order valence-corrected chi connectivity index (χ4v) is 5.18. The minimum Gasteiger partial charge on any atom is -0.484 e. The Hall–Kier alpha value is -2.73. The van der Waals surface area contributed by atoms with Crippen LogP contribution in [0.25, 0.3) is 0 Å².